The molecule has 0 bridgehead atoms. The molecule has 0 saturated carbocycles. The fourth-order valence-corrected chi connectivity index (χ4v) is 1.56. The highest BCUT2D eigenvalue weighted by molar-refractivity contribution is 5.64. The minimum atomic E-state index is -2.10. The predicted molar refractivity (Wildman–Crippen MR) is 63.9 cm³/mol. The van der Waals surface area contributed by atoms with Crippen molar-refractivity contribution in [3.8, 4) is 11.3 Å². The lowest BCUT2D eigenvalue weighted by atomic mass is 10.0. The summed E-state index contributed by atoms with van der Waals surface area (Å²) in [6.45, 7) is 1.73. The van der Waals surface area contributed by atoms with Crippen molar-refractivity contribution in [3.05, 3.63) is 53.2 Å². The van der Waals surface area contributed by atoms with Crippen molar-refractivity contribution in [1.29, 1.82) is 0 Å². The van der Waals surface area contributed by atoms with Crippen LogP contribution in [0, 0.1) is 20.7 Å². The minimum Gasteiger partial charge on any atom is -0.256 e. The normalized spacial score (nSPS) is 14.1. The Bertz CT molecular complexity index is 573. The third-order valence-electron chi connectivity index (χ3n) is 2.53. The van der Waals surface area contributed by atoms with Crippen LogP contribution in [0.3, 0.4) is 0 Å². The molecule has 0 aliphatic rings. The Morgan fingerprint density at radius 3 is 2.53 bits per heavy atom. The number of benzene rings is 1. The topological polar surface area (TPSA) is 12.9 Å². The van der Waals surface area contributed by atoms with Gasteiger partial charge in [-0.2, -0.15) is 0 Å². The van der Waals surface area contributed by atoms with E-state index in [0.717, 1.165) is 22.4 Å². The van der Waals surface area contributed by atoms with Crippen LogP contribution in [0.15, 0.2) is 36.5 Å². The molecule has 0 amide bonds. The first-order valence-corrected chi connectivity index (χ1v) is 4.93. The second kappa shape index (κ2) is 3.85. The average molecular weight is 200 g/mol. The molecule has 15 heavy (non-hydrogen) atoms. The van der Waals surface area contributed by atoms with E-state index >= 15 is 0 Å². The molecule has 1 aromatic heterocycles. The van der Waals surface area contributed by atoms with Crippen molar-refractivity contribution >= 4 is 0 Å². The minimum absolute atomic E-state index is 0.319. The van der Waals surface area contributed by atoms with Crippen molar-refractivity contribution in [2.45, 2.75) is 20.7 Å². The summed E-state index contributed by atoms with van der Waals surface area (Å²) in [5.74, 6) is 0. The van der Waals surface area contributed by atoms with E-state index in [1.165, 1.54) is 6.20 Å². The van der Waals surface area contributed by atoms with Crippen LogP contribution in [0.25, 0.3) is 11.3 Å². The highest BCUT2D eigenvalue weighted by Crippen LogP contribution is 2.22. The number of pyridine rings is 1. The molecular formula is C14H15N. The summed E-state index contributed by atoms with van der Waals surface area (Å²) < 4.78 is 22.3. The van der Waals surface area contributed by atoms with E-state index in [1.807, 2.05) is 44.2 Å². The standard InChI is InChI=1S/C14H15N/c1-10-6-4-5-7-13(10)14-8-11(2)12(3)9-15-14/h4-9H,1-3H3/i3D3. The number of rotatable bonds is 1. The van der Waals surface area contributed by atoms with Gasteiger partial charge >= 0.3 is 0 Å². The number of hydrogen-bond acceptors (Lipinski definition) is 1. The van der Waals surface area contributed by atoms with Crippen LogP contribution in [0.1, 0.15) is 20.8 Å². The van der Waals surface area contributed by atoms with Gasteiger partial charge in [-0.25, -0.2) is 0 Å². The van der Waals surface area contributed by atoms with Gasteiger partial charge in [0.25, 0.3) is 0 Å². The summed E-state index contributed by atoms with van der Waals surface area (Å²) in [4.78, 5) is 4.28. The van der Waals surface area contributed by atoms with E-state index in [0.29, 0.717) is 5.56 Å². The second-order valence-corrected chi connectivity index (χ2v) is 3.70. The van der Waals surface area contributed by atoms with Gasteiger partial charge in [0, 0.05) is 15.9 Å². The lowest BCUT2D eigenvalue weighted by molar-refractivity contribution is 1.21. The summed E-state index contributed by atoms with van der Waals surface area (Å²) in [5, 5.41) is 0. The highest BCUT2D eigenvalue weighted by Gasteiger charge is 2.03. The molecule has 0 atom stereocenters. The molecule has 0 N–H and O–H groups in total. The highest BCUT2D eigenvalue weighted by atomic mass is 14.7. The molecule has 76 valence electrons. The molecule has 0 radical (unpaired) electrons. The number of aryl methyl sites for hydroxylation is 3. The van der Waals surface area contributed by atoms with E-state index in [1.54, 1.807) is 0 Å². The van der Waals surface area contributed by atoms with Gasteiger partial charge in [0.15, 0.2) is 0 Å². The lowest BCUT2D eigenvalue weighted by Gasteiger charge is -2.06. The molecule has 1 aromatic carbocycles. The van der Waals surface area contributed by atoms with Gasteiger partial charge in [-0.1, -0.05) is 24.3 Å². The molecule has 1 nitrogen and oxygen atoms in total. The van der Waals surface area contributed by atoms with Gasteiger partial charge in [0.1, 0.15) is 0 Å². The Labute approximate surface area is 95.0 Å². The van der Waals surface area contributed by atoms with Crippen LogP contribution in [-0.4, -0.2) is 4.98 Å². The summed E-state index contributed by atoms with van der Waals surface area (Å²) in [6, 6.07) is 9.78. The molecule has 0 aliphatic heterocycles. The third kappa shape index (κ3) is 1.91. The number of hydrogen-bond donors (Lipinski definition) is 0. The van der Waals surface area contributed by atoms with E-state index < -0.39 is 6.85 Å². The molecule has 0 aliphatic carbocycles. The van der Waals surface area contributed by atoms with Gasteiger partial charge < -0.3 is 0 Å². The van der Waals surface area contributed by atoms with E-state index in [-0.39, 0.29) is 0 Å². The van der Waals surface area contributed by atoms with Crippen LogP contribution < -0.4 is 0 Å². The largest absolute Gasteiger partial charge is 0.256 e. The molecular weight excluding hydrogens is 182 g/mol. The predicted octanol–water partition coefficient (Wildman–Crippen LogP) is 3.67. The zero-order valence-corrected chi connectivity index (χ0v) is 8.91. The van der Waals surface area contributed by atoms with E-state index in [2.05, 4.69) is 4.98 Å². The smallest absolute Gasteiger partial charge is 0.0707 e. The zero-order valence-electron chi connectivity index (χ0n) is 11.9. The van der Waals surface area contributed by atoms with Gasteiger partial charge in [-0.05, 0) is 43.5 Å². The van der Waals surface area contributed by atoms with Crippen LogP contribution in [0.5, 0.6) is 0 Å². The summed E-state index contributed by atoms with van der Waals surface area (Å²) in [6.07, 6.45) is 1.46. The Balaban J connectivity index is 2.51. The summed E-state index contributed by atoms with van der Waals surface area (Å²) in [7, 11) is 0. The van der Waals surface area contributed by atoms with Crippen LogP contribution in [0.4, 0.5) is 0 Å². The van der Waals surface area contributed by atoms with Gasteiger partial charge in [-0.15, -0.1) is 0 Å². The summed E-state index contributed by atoms with van der Waals surface area (Å²) >= 11 is 0. The molecule has 0 spiro atoms. The Morgan fingerprint density at radius 1 is 1.07 bits per heavy atom. The first-order chi connectivity index (χ1) is 8.39. The molecule has 2 rings (SSSR count). The fourth-order valence-electron chi connectivity index (χ4n) is 1.56. The Morgan fingerprint density at radius 2 is 1.87 bits per heavy atom. The van der Waals surface area contributed by atoms with Crippen molar-refractivity contribution in [1.82, 2.24) is 4.98 Å². The van der Waals surface area contributed by atoms with Crippen molar-refractivity contribution in [2.75, 3.05) is 0 Å². The molecule has 2 aromatic rings. The number of aromatic nitrogens is 1. The summed E-state index contributed by atoms with van der Waals surface area (Å²) in [5.41, 5.74) is 4.06. The van der Waals surface area contributed by atoms with Gasteiger partial charge in [0.05, 0.1) is 5.69 Å². The van der Waals surface area contributed by atoms with Crippen molar-refractivity contribution < 1.29 is 4.11 Å². The zero-order chi connectivity index (χ0) is 13.3. The molecule has 0 fully saturated rings. The average Bonchev–Trinajstić information content (AvgIpc) is 2.27. The second-order valence-electron chi connectivity index (χ2n) is 3.70. The molecule has 0 saturated heterocycles. The maximum Gasteiger partial charge on any atom is 0.0707 e. The number of nitrogens with zero attached hydrogens (tertiary/aromatic N) is 1. The van der Waals surface area contributed by atoms with E-state index in [9.17, 15) is 0 Å². The van der Waals surface area contributed by atoms with Crippen molar-refractivity contribution in [3.63, 3.8) is 0 Å². The van der Waals surface area contributed by atoms with Gasteiger partial charge in [0.2, 0.25) is 0 Å². The lowest BCUT2D eigenvalue weighted by Crippen LogP contribution is -1.90. The Hall–Kier alpha value is -1.63. The first kappa shape index (κ1) is 6.78. The quantitative estimate of drug-likeness (QED) is 0.684. The van der Waals surface area contributed by atoms with E-state index in [4.69, 9.17) is 4.11 Å². The third-order valence-corrected chi connectivity index (χ3v) is 2.53. The van der Waals surface area contributed by atoms with Crippen LogP contribution >= 0.6 is 0 Å². The molecule has 1 heterocycles. The van der Waals surface area contributed by atoms with Crippen LogP contribution in [0.2, 0.25) is 0 Å². The maximum absolute atomic E-state index is 7.42. The molecule has 0 unspecified atom stereocenters. The van der Waals surface area contributed by atoms with Crippen molar-refractivity contribution in [2.24, 2.45) is 0 Å². The monoisotopic (exact) mass is 200 g/mol. The van der Waals surface area contributed by atoms with Crippen LogP contribution in [-0.2, 0) is 0 Å². The molecule has 1 heteroatoms. The fraction of sp³-hybridized carbons (Fsp3) is 0.214. The first-order valence-electron chi connectivity index (χ1n) is 6.43. The maximum atomic E-state index is 7.42. The SMILES string of the molecule is [2H]C([2H])([2H])c1cnc(-c2ccccc2C)cc1C. The van der Waals surface area contributed by atoms with Gasteiger partial charge in [-0.3, -0.25) is 4.98 Å². The Kier molecular flexibility index (Phi) is 1.74.